The Morgan fingerprint density at radius 1 is 1.17 bits per heavy atom. The van der Waals surface area contributed by atoms with Crippen LogP contribution in [0.15, 0.2) is 43.7 Å². The molecule has 1 aliphatic heterocycles. The summed E-state index contributed by atoms with van der Waals surface area (Å²) in [5, 5.41) is 14.9. The maximum Gasteiger partial charge on any atom is 0.248 e. The van der Waals surface area contributed by atoms with E-state index in [2.05, 4.69) is 46.4 Å². The van der Waals surface area contributed by atoms with Crippen LogP contribution >= 0.6 is 15.9 Å². The number of carbonyl (C=O) groups is 1. The van der Waals surface area contributed by atoms with Gasteiger partial charge in [0.1, 0.15) is 5.76 Å². The van der Waals surface area contributed by atoms with Gasteiger partial charge in [-0.3, -0.25) is 14.6 Å². The number of nitrogens with one attached hydrogen (secondary N) is 1. The van der Waals surface area contributed by atoms with Crippen molar-refractivity contribution in [1.82, 2.24) is 25.2 Å². The van der Waals surface area contributed by atoms with Crippen LogP contribution in [0.3, 0.4) is 0 Å². The second-order valence-corrected chi connectivity index (χ2v) is 7.76. The monoisotopic (exact) mass is 460 g/mol. The van der Waals surface area contributed by atoms with Gasteiger partial charge in [0.2, 0.25) is 17.7 Å². The molecule has 9 nitrogen and oxygen atoms in total. The first-order valence-corrected chi connectivity index (χ1v) is 10.1. The van der Waals surface area contributed by atoms with Gasteiger partial charge in [-0.15, -0.1) is 10.2 Å². The number of hydrogen-bond donors (Lipinski definition) is 1. The third kappa shape index (κ3) is 5.08. The zero-order chi connectivity index (χ0) is 20.2. The second kappa shape index (κ2) is 8.85. The molecule has 0 radical (unpaired) electrons. The van der Waals surface area contributed by atoms with Gasteiger partial charge in [0.15, 0.2) is 5.82 Å². The van der Waals surface area contributed by atoms with Gasteiger partial charge in [0.25, 0.3) is 0 Å². The molecule has 0 bridgehead atoms. The number of carbonyl (C=O) groups excluding carboxylic acids is 1. The number of nitrogens with zero attached hydrogens (tertiary/aromatic N) is 5. The number of halogens is 1. The van der Waals surface area contributed by atoms with Crippen LogP contribution in [0, 0.1) is 6.92 Å². The fraction of sp³-hybridized carbons (Fsp3) is 0.368. The molecule has 1 fully saturated rings. The van der Waals surface area contributed by atoms with Crippen LogP contribution in [0.2, 0.25) is 0 Å². The van der Waals surface area contributed by atoms with Gasteiger partial charge >= 0.3 is 0 Å². The van der Waals surface area contributed by atoms with Crippen molar-refractivity contribution >= 4 is 27.7 Å². The molecule has 0 spiro atoms. The molecule has 1 aromatic carbocycles. The summed E-state index contributed by atoms with van der Waals surface area (Å²) in [6, 6.07) is 9.45. The zero-order valence-electron chi connectivity index (χ0n) is 16.0. The molecule has 1 saturated heterocycles. The first-order chi connectivity index (χ1) is 14.1. The molecule has 10 heteroatoms. The number of anilines is 1. The minimum Gasteiger partial charge on any atom is -0.419 e. The summed E-state index contributed by atoms with van der Waals surface area (Å²) >= 11 is 3.50. The molecule has 1 aliphatic rings. The molecule has 152 valence electrons. The summed E-state index contributed by atoms with van der Waals surface area (Å²) in [4.78, 5) is 16.5. The maximum absolute atomic E-state index is 12.1. The van der Waals surface area contributed by atoms with E-state index in [9.17, 15) is 4.79 Å². The molecule has 2 aromatic heterocycles. The molecule has 0 aliphatic carbocycles. The lowest BCUT2D eigenvalue weighted by Crippen LogP contribution is -2.48. The summed E-state index contributed by atoms with van der Waals surface area (Å²) in [5.41, 5.74) is 0.879. The standard InChI is InChI=1S/C19H21BrN6O3/c1-13-10-16(24-29-13)21-17(27)11-25-6-8-26(9-7-25)12-18-22-23-19(28-18)14-4-2-3-5-15(14)20/h2-5,10H,6-9,11-12H2,1H3,(H,21,24,27). The van der Waals surface area contributed by atoms with Crippen molar-refractivity contribution < 1.29 is 13.7 Å². The highest BCUT2D eigenvalue weighted by Gasteiger charge is 2.21. The first-order valence-electron chi connectivity index (χ1n) is 9.32. The summed E-state index contributed by atoms with van der Waals surface area (Å²) < 4.78 is 11.7. The topological polar surface area (TPSA) is 101 Å². The molecule has 29 heavy (non-hydrogen) atoms. The molecule has 0 unspecified atom stereocenters. The van der Waals surface area contributed by atoms with Gasteiger partial charge in [-0.1, -0.05) is 17.3 Å². The Balaban J connectivity index is 1.25. The number of piperazine rings is 1. The van der Waals surface area contributed by atoms with E-state index in [1.165, 1.54) is 0 Å². The number of aromatic nitrogens is 3. The number of benzene rings is 1. The smallest absolute Gasteiger partial charge is 0.248 e. The van der Waals surface area contributed by atoms with Gasteiger partial charge in [0.05, 0.1) is 18.7 Å². The maximum atomic E-state index is 12.1. The number of hydrogen-bond acceptors (Lipinski definition) is 8. The lowest BCUT2D eigenvalue weighted by Gasteiger charge is -2.33. The molecular formula is C19H21BrN6O3. The van der Waals surface area contributed by atoms with Crippen molar-refractivity contribution in [3.63, 3.8) is 0 Å². The highest BCUT2D eigenvalue weighted by atomic mass is 79.9. The highest BCUT2D eigenvalue weighted by Crippen LogP contribution is 2.26. The Bertz CT molecular complexity index is 980. The molecule has 1 N–H and O–H groups in total. The SMILES string of the molecule is Cc1cc(NC(=O)CN2CCN(Cc3nnc(-c4ccccc4Br)o3)CC2)no1. The second-order valence-electron chi connectivity index (χ2n) is 6.90. The average Bonchev–Trinajstić information content (AvgIpc) is 3.32. The van der Waals surface area contributed by atoms with Gasteiger partial charge in [-0.2, -0.15) is 0 Å². The number of amides is 1. The zero-order valence-corrected chi connectivity index (χ0v) is 17.6. The predicted octanol–water partition coefficient (Wildman–Crippen LogP) is 2.55. The Hall–Kier alpha value is -2.56. The van der Waals surface area contributed by atoms with Gasteiger partial charge < -0.3 is 14.3 Å². The Morgan fingerprint density at radius 3 is 2.66 bits per heavy atom. The third-order valence-electron chi connectivity index (χ3n) is 4.66. The fourth-order valence-electron chi connectivity index (χ4n) is 3.17. The summed E-state index contributed by atoms with van der Waals surface area (Å²) in [6.45, 7) is 5.92. The quantitative estimate of drug-likeness (QED) is 0.598. The highest BCUT2D eigenvalue weighted by molar-refractivity contribution is 9.10. The molecule has 0 atom stereocenters. The minimum absolute atomic E-state index is 0.0956. The Morgan fingerprint density at radius 2 is 1.93 bits per heavy atom. The van der Waals surface area contributed by atoms with Crippen LogP contribution < -0.4 is 5.32 Å². The van der Waals surface area contributed by atoms with E-state index in [1.807, 2.05) is 24.3 Å². The Labute approximate surface area is 176 Å². The van der Waals surface area contributed by atoms with Crippen LogP contribution in [0.4, 0.5) is 5.82 Å². The molecule has 1 amide bonds. The molecule has 3 aromatic rings. The summed E-state index contributed by atoms with van der Waals surface area (Å²) in [5.74, 6) is 2.11. The lowest BCUT2D eigenvalue weighted by atomic mass is 10.2. The number of rotatable bonds is 6. The number of aryl methyl sites for hydroxylation is 1. The van der Waals surface area contributed by atoms with Gasteiger partial charge in [-0.25, -0.2) is 0 Å². The van der Waals surface area contributed by atoms with Crippen molar-refractivity contribution in [2.75, 3.05) is 38.0 Å². The van der Waals surface area contributed by atoms with Crippen molar-refractivity contribution in [2.24, 2.45) is 0 Å². The molecule has 3 heterocycles. The third-order valence-corrected chi connectivity index (χ3v) is 5.35. The molecule has 4 rings (SSSR count). The van der Waals surface area contributed by atoms with Crippen LogP contribution in [0.5, 0.6) is 0 Å². The van der Waals surface area contributed by atoms with E-state index in [1.54, 1.807) is 13.0 Å². The largest absolute Gasteiger partial charge is 0.419 e. The molecule has 0 saturated carbocycles. The minimum atomic E-state index is -0.0956. The summed E-state index contributed by atoms with van der Waals surface area (Å²) in [6.07, 6.45) is 0. The van der Waals surface area contributed by atoms with E-state index in [4.69, 9.17) is 8.94 Å². The van der Waals surface area contributed by atoms with Gasteiger partial charge in [0, 0.05) is 36.7 Å². The lowest BCUT2D eigenvalue weighted by molar-refractivity contribution is -0.117. The molecular weight excluding hydrogens is 440 g/mol. The van der Waals surface area contributed by atoms with E-state index in [-0.39, 0.29) is 5.91 Å². The van der Waals surface area contributed by atoms with Crippen molar-refractivity contribution in [1.29, 1.82) is 0 Å². The van der Waals surface area contributed by atoms with Crippen molar-refractivity contribution in [2.45, 2.75) is 13.5 Å². The normalized spacial score (nSPS) is 15.5. The predicted molar refractivity (Wildman–Crippen MR) is 109 cm³/mol. The van der Waals surface area contributed by atoms with Crippen LogP contribution in [-0.2, 0) is 11.3 Å². The van der Waals surface area contributed by atoms with E-state index in [0.29, 0.717) is 36.4 Å². The van der Waals surface area contributed by atoms with Crippen LogP contribution in [-0.4, -0.2) is 63.8 Å². The van der Waals surface area contributed by atoms with E-state index >= 15 is 0 Å². The first kappa shape index (κ1) is 19.7. The van der Waals surface area contributed by atoms with E-state index < -0.39 is 0 Å². The Kier molecular flexibility index (Phi) is 6.02. The van der Waals surface area contributed by atoms with Crippen molar-refractivity contribution in [3.8, 4) is 11.5 Å². The van der Waals surface area contributed by atoms with Crippen LogP contribution in [0.1, 0.15) is 11.7 Å². The average molecular weight is 461 g/mol. The summed E-state index contributed by atoms with van der Waals surface area (Å²) in [7, 11) is 0. The van der Waals surface area contributed by atoms with Gasteiger partial charge in [-0.05, 0) is 35.0 Å². The van der Waals surface area contributed by atoms with Crippen LogP contribution in [0.25, 0.3) is 11.5 Å². The van der Waals surface area contributed by atoms with Crippen molar-refractivity contribution in [3.05, 3.63) is 46.5 Å². The fourth-order valence-corrected chi connectivity index (χ4v) is 3.62. The van der Waals surface area contributed by atoms with E-state index in [0.717, 1.165) is 36.2 Å².